The van der Waals surface area contributed by atoms with Gasteiger partial charge in [-0.2, -0.15) is 0 Å². The summed E-state index contributed by atoms with van der Waals surface area (Å²) in [6, 6.07) is 0. The predicted molar refractivity (Wildman–Crippen MR) is 77.2 cm³/mol. The molecule has 0 fully saturated rings. The van der Waals surface area contributed by atoms with E-state index < -0.39 is 5.60 Å². The highest BCUT2D eigenvalue weighted by molar-refractivity contribution is 5.67. The van der Waals surface area contributed by atoms with Gasteiger partial charge < -0.3 is 20.1 Å². The summed E-state index contributed by atoms with van der Waals surface area (Å²) in [5.41, 5.74) is -0.550. The number of amides is 1. The zero-order valence-electron chi connectivity index (χ0n) is 13.2. The first-order valence-electron chi connectivity index (χ1n) is 6.83. The molecule has 2 N–H and O–H groups in total. The molecule has 0 saturated heterocycles. The highest BCUT2D eigenvalue weighted by Crippen LogP contribution is 2.11. The summed E-state index contributed by atoms with van der Waals surface area (Å²) in [7, 11) is 1.74. The SMILES string of the molecule is CN(CCCNCC(C)(C)CO)C(=O)OC(C)(C)C. The van der Waals surface area contributed by atoms with Gasteiger partial charge in [-0.05, 0) is 33.7 Å². The first-order valence-corrected chi connectivity index (χ1v) is 6.83. The molecule has 1 amide bonds. The number of hydrogen-bond donors (Lipinski definition) is 2. The van der Waals surface area contributed by atoms with E-state index in [9.17, 15) is 4.79 Å². The lowest BCUT2D eigenvalue weighted by Crippen LogP contribution is -2.37. The first kappa shape index (κ1) is 18.2. The standard InChI is InChI=1S/C14H30N2O3/c1-13(2,3)19-12(18)16(6)9-7-8-15-10-14(4,5)11-17/h15,17H,7-11H2,1-6H3. The van der Waals surface area contributed by atoms with Gasteiger partial charge in [-0.15, -0.1) is 0 Å². The van der Waals surface area contributed by atoms with Gasteiger partial charge in [-0.25, -0.2) is 4.79 Å². The normalized spacial score (nSPS) is 12.4. The second-order valence-electron chi connectivity index (χ2n) is 6.75. The van der Waals surface area contributed by atoms with Crippen LogP contribution in [0, 0.1) is 5.41 Å². The molecule has 0 aliphatic heterocycles. The lowest BCUT2D eigenvalue weighted by atomic mass is 9.95. The van der Waals surface area contributed by atoms with Crippen molar-refractivity contribution in [1.82, 2.24) is 10.2 Å². The molecule has 5 nitrogen and oxygen atoms in total. The number of carbonyl (C=O) groups is 1. The second kappa shape index (κ2) is 7.70. The quantitative estimate of drug-likeness (QED) is 0.696. The maximum atomic E-state index is 11.7. The fourth-order valence-electron chi connectivity index (χ4n) is 1.36. The molecule has 0 unspecified atom stereocenters. The van der Waals surface area contributed by atoms with E-state index in [1.165, 1.54) is 0 Å². The van der Waals surface area contributed by atoms with Crippen molar-refractivity contribution in [2.75, 3.05) is 33.3 Å². The molecule has 114 valence electrons. The Kier molecular flexibility index (Phi) is 7.37. The van der Waals surface area contributed by atoms with Crippen LogP contribution in [0.1, 0.15) is 41.0 Å². The molecule has 0 heterocycles. The van der Waals surface area contributed by atoms with Gasteiger partial charge in [-0.3, -0.25) is 0 Å². The third kappa shape index (κ3) is 9.73. The van der Waals surface area contributed by atoms with Crippen molar-refractivity contribution in [3.05, 3.63) is 0 Å². The number of nitrogens with one attached hydrogen (secondary N) is 1. The van der Waals surface area contributed by atoms with Crippen LogP contribution in [0.2, 0.25) is 0 Å². The maximum Gasteiger partial charge on any atom is 0.410 e. The van der Waals surface area contributed by atoms with Gasteiger partial charge in [0.15, 0.2) is 0 Å². The Balaban J connectivity index is 3.75. The van der Waals surface area contributed by atoms with Crippen LogP contribution in [0.15, 0.2) is 0 Å². The van der Waals surface area contributed by atoms with E-state index in [0.717, 1.165) is 19.5 Å². The maximum absolute atomic E-state index is 11.7. The van der Waals surface area contributed by atoms with Crippen molar-refractivity contribution >= 4 is 6.09 Å². The topological polar surface area (TPSA) is 61.8 Å². The summed E-state index contributed by atoms with van der Waals surface area (Å²) < 4.78 is 5.26. The van der Waals surface area contributed by atoms with E-state index in [0.29, 0.717) is 6.54 Å². The molecule has 5 heteroatoms. The Morgan fingerprint density at radius 1 is 1.26 bits per heavy atom. The molecule has 0 bridgehead atoms. The molecular formula is C14H30N2O3. The van der Waals surface area contributed by atoms with E-state index in [4.69, 9.17) is 9.84 Å². The number of ether oxygens (including phenoxy) is 1. The van der Waals surface area contributed by atoms with Crippen LogP contribution in [-0.2, 0) is 4.74 Å². The number of nitrogens with zero attached hydrogens (tertiary/aromatic N) is 1. The van der Waals surface area contributed by atoms with Crippen LogP contribution in [-0.4, -0.2) is 55.0 Å². The molecular weight excluding hydrogens is 244 g/mol. The van der Waals surface area contributed by atoms with Crippen LogP contribution >= 0.6 is 0 Å². The van der Waals surface area contributed by atoms with Crippen LogP contribution in [0.3, 0.4) is 0 Å². The van der Waals surface area contributed by atoms with Crippen molar-refractivity contribution in [2.24, 2.45) is 5.41 Å². The third-order valence-electron chi connectivity index (χ3n) is 2.58. The van der Waals surface area contributed by atoms with Crippen molar-refractivity contribution in [3.8, 4) is 0 Å². The van der Waals surface area contributed by atoms with Gasteiger partial charge in [0.2, 0.25) is 0 Å². The van der Waals surface area contributed by atoms with Gasteiger partial charge in [0.25, 0.3) is 0 Å². The summed E-state index contributed by atoms with van der Waals surface area (Å²) >= 11 is 0. The fraction of sp³-hybridized carbons (Fsp3) is 0.929. The first-order chi connectivity index (χ1) is 8.57. The van der Waals surface area contributed by atoms with Crippen molar-refractivity contribution in [2.45, 2.75) is 46.6 Å². The van der Waals surface area contributed by atoms with Gasteiger partial charge in [0, 0.05) is 32.2 Å². The Morgan fingerprint density at radius 2 is 1.84 bits per heavy atom. The minimum atomic E-state index is -0.450. The van der Waals surface area contributed by atoms with Gasteiger partial charge >= 0.3 is 6.09 Å². The molecule has 0 saturated carbocycles. The molecule has 0 atom stereocenters. The van der Waals surface area contributed by atoms with Gasteiger partial charge in [0.1, 0.15) is 5.60 Å². The van der Waals surface area contributed by atoms with Crippen molar-refractivity contribution < 1.29 is 14.6 Å². The fourth-order valence-corrected chi connectivity index (χ4v) is 1.36. The molecule has 19 heavy (non-hydrogen) atoms. The summed E-state index contributed by atoms with van der Waals surface area (Å²) in [5, 5.41) is 12.4. The minimum Gasteiger partial charge on any atom is -0.444 e. The van der Waals surface area contributed by atoms with E-state index in [2.05, 4.69) is 5.32 Å². The smallest absolute Gasteiger partial charge is 0.410 e. The molecule has 0 aliphatic carbocycles. The molecule has 0 spiro atoms. The second-order valence-corrected chi connectivity index (χ2v) is 6.75. The zero-order valence-corrected chi connectivity index (χ0v) is 13.2. The van der Waals surface area contributed by atoms with E-state index in [1.807, 2.05) is 34.6 Å². The van der Waals surface area contributed by atoms with Gasteiger partial charge in [0.05, 0.1) is 0 Å². The highest BCUT2D eigenvalue weighted by atomic mass is 16.6. The largest absolute Gasteiger partial charge is 0.444 e. The number of aliphatic hydroxyl groups is 1. The molecule has 0 aliphatic rings. The molecule has 0 rings (SSSR count). The molecule has 0 radical (unpaired) electrons. The zero-order chi connectivity index (χ0) is 15.1. The predicted octanol–water partition coefficient (Wildman–Crippen LogP) is 1.85. The number of carbonyl (C=O) groups excluding carboxylic acids is 1. The van der Waals surface area contributed by atoms with Crippen molar-refractivity contribution in [1.29, 1.82) is 0 Å². The third-order valence-corrected chi connectivity index (χ3v) is 2.58. The van der Waals surface area contributed by atoms with Crippen LogP contribution in [0.4, 0.5) is 4.79 Å². The molecule has 0 aromatic rings. The summed E-state index contributed by atoms with van der Waals surface area (Å²) in [4.78, 5) is 13.3. The molecule has 0 aromatic heterocycles. The summed E-state index contributed by atoms with van der Waals surface area (Å²) in [5.74, 6) is 0. The Hall–Kier alpha value is -0.810. The number of aliphatic hydroxyl groups excluding tert-OH is 1. The van der Waals surface area contributed by atoms with Gasteiger partial charge in [-0.1, -0.05) is 13.8 Å². The van der Waals surface area contributed by atoms with E-state index in [-0.39, 0.29) is 18.1 Å². The molecule has 0 aromatic carbocycles. The van der Waals surface area contributed by atoms with Crippen LogP contribution < -0.4 is 5.32 Å². The lowest BCUT2D eigenvalue weighted by Gasteiger charge is -2.25. The Morgan fingerprint density at radius 3 is 2.32 bits per heavy atom. The Labute approximate surface area is 117 Å². The van der Waals surface area contributed by atoms with Crippen LogP contribution in [0.5, 0.6) is 0 Å². The van der Waals surface area contributed by atoms with E-state index in [1.54, 1.807) is 11.9 Å². The average molecular weight is 274 g/mol. The van der Waals surface area contributed by atoms with Crippen LogP contribution in [0.25, 0.3) is 0 Å². The average Bonchev–Trinajstić information content (AvgIpc) is 2.26. The highest BCUT2D eigenvalue weighted by Gasteiger charge is 2.19. The summed E-state index contributed by atoms with van der Waals surface area (Å²) in [6.07, 6.45) is 0.570. The number of rotatable bonds is 7. The monoisotopic (exact) mass is 274 g/mol. The number of hydrogen-bond acceptors (Lipinski definition) is 4. The van der Waals surface area contributed by atoms with E-state index >= 15 is 0 Å². The van der Waals surface area contributed by atoms with Crippen molar-refractivity contribution in [3.63, 3.8) is 0 Å². The summed E-state index contributed by atoms with van der Waals surface area (Å²) in [6.45, 7) is 12.0. The minimum absolute atomic E-state index is 0.100. The Bertz CT molecular complexity index is 272. The lowest BCUT2D eigenvalue weighted by molar-refractivity contribution is 0.0297.